The number of H-pyrrole nitrogens is 1. The number of halogens is 1. The van der Waals surface area contributed by atoms with Gasteiger partial charge in [0, 0.05) is 22.7 Å². The molecular formula is C17H16ClN. The molecule has 0 aliphatic carbocycles. The lowest BCUT2D eigenvalue weighted by Gasteiger charge is -2.16. The van der Waals surface area contributed by atoms with Crippen LogP contribution in [-0.4, -0.2) is 4.98 Å². The molecule has 0 aliphatic rings. The summed E-state index contributed by atoms with van der Waals surface area (Å²) >= 11 is 5.96. The maximum absolute atomic E-state index is 5.96. The molecule has 0 saturated heterocycles. The highest BCUT2D eigenvalue weighted by atomic mass is 35.5. The summed E-state index contributed by atoms with van der Waals surface area (Å²) in [5.74, 6) is 0.421. The molecule has 0 saturated carbocycles. The number of fused-ring (bicyclic) bond motifs is 1. The van der Waals surface area contributed by atoms with Crippen molar-refractivity contribution in [2.45, 2.75) is 19.3 Å². The van der Waals surface area contributed by atoms with E-state index in [0.29, 0.717) is 5.92 Å². The molecule has 2 heteroatoms. The Kier molecular flexibility index (Phi) is 3.31. The van der Waals surface area contributed by atoms with E-state index in [1.54, 1.807) is 0 Å². The first-order chi connectivity index (χ1) is 9.28. The number of aromatic nitrogens is 1. The summed E-state index contributed by atoms with van der Waals surface area (Å²) in [6.45, 7) is 2.22. The molecule has 1 nitrogen and oxygen atoms in total. The molecule has 0 radical (unpaired) electrons. The van der Waals surface area contributed by atoms with E-state index in [0.717, 1.165) is 11.4 Å². The summed E-state index contributed by atoms with van der Waals surface area (Å²) in [5, 5.41) is 2.05. The van der Waals surface area contributed by atoms with Gasteiger partial charge in [0.05, 0.1) is 0 Å². The lowest BCUT2D eigenvalue weighted by molar-refractivity contribution is 0.778. The van der Waals surface area contributed by atoms with E-state index in [4.69, 9.17) is 11.6 Å². The molecule has 0 amide bonds. The third kappa shape index (κ3) is 2.39. The summed E-state index contributed by atoms with van der Waals surface area (Å²) in [5.41, 5.74) is 3.86. The SMILES string of the molecule is CCC(c1ccc(Cl)cc1)c1ccc2cc[nH]c2c1. The van der Waals surface area contributed by atoms with Gasteiger partial charge in [0.15, 0.2) is 0 Å². The average molecular weight is 270 g/mol. The fourth-order valence-corrected chi connectivity index (χ4v) is 2.77. The zero-order chi connectivity index (χ0) is 13.2. The van der Waals surface area contributed by atoms with Crippen molar-refractivity contribution in [3.63, 3.8) is 0 Å². The second kappa shape index (κ2) is 5.10. The topological polar surface area (TPSA) is 15.8 Å². The molecule has 1 unspecified atom stereocenters. The molecule has 1 heterocycles. The Labute approximate surface area is 118 Å². The van der Waals surface area contributed by atoms with Gasteiger partial charge in [0.2, 0.25) is 0 Å². The van der Waals surface area contributed by atoms with Crippen molar-refractivity contribution in [1.29, 1.82) is 0 Å². The third-order valence-electron chi connectivity index (χ3n) is 3.66. The van der Waals surface area contributed by atoms with Crippen LogP contribution in [0.5, 0.6) is 0 Å². The second-order valence-electron chi connectivity index (χ2n) is 4.84. The smallest absolute Gasteiger partial charge is 0.0456 e. The van der Waals surface area contributed by atoms with Crippen molar-refractivity contribution in [2.75, 3.05) is 0 Å². The van der Waals surface area contributed by atoms with E-state index in [2.05, 4.69) is 48.3 Å². The van der Waals surface area contributed by atoms with Crippen LogP contribution in [0, 0.1) is 0 Å². The van der Waals surface area contributed by atoms with E-state index in [1.165, 1.54) is 22.0 Å². The van der Waals surface area contributed by atoms with Crippen LogP contribution >= 0.6 is 11.6 Å². The molecule has 19 heavy (non-hydrogen) atoms. The van der Waals surface area contributed by atoms with Crippen LogP contribution in [0.25, 0.3) is 10.9 Å². The molecule has 3 aromatic rings. The van der Waals surface area contributed by atoms with Crippen molar-refractivity contribution in [3.8, 4) is 0 Å². The standard InChI is InChI=1S/C17H16ClN/c1-2-16(12-5-7-15(18)8-6-12)14-4-3-13-9-10-19-17(13)11-14/h3-11,16,19H,2H2,1H3. The monoisotopic (exact) mass is 269 g/mol. The number of nitrogens with one attached hydrogen (secondary N) is 1. The molecule has 1 aromatic heterocycles. The van der Waals surface area contributed by atoms with E-state index in [9.17, 15) is 0 Å². The normalized spacial score (nSPS) is 12.7. The fraction of sp³-hybridized carbons (Fsp3) is 0.176. The van der Waals surface area contributed by atoms with Crippen LogP contribution in [0.4, 0.5) is 0 Å². The Morgan fingerprint density at radius 2 is 1.74 bits per heavy atom. The minimum Gasteiger partial charge on any atom is -0.361 e. The Balaban J connectivity index is 2.03. The Morgan fingerprint density at radius 1 is 1.00 bits per heavy atom. The van der Waals surface area contributed by atoms with Crippen LogP contribution < -0.4 is 0 Å². The highest BCUT2D eigenvalue weighted by Gasteiger charge is 2.12. The van der Waals surface area contributed by atoms with E-state index >= 15 is 0 Å². The second-order valence-corrected chi connectivity index (χ2v) is 5.27. The molecule has 1 atom stereocenters. The van der Waals surface area contributed by atoms with Gasteiger partial charge in [-0.3, -0.25) is 0 Å². The van der Waals surface area contributed by atoms with Crippen molar-refractivity contribution >= 4 is 22.5 Å². The highest BCUT2D eigenvalue weighted by Crippen LogP contribution is 2.30. The predicted octanol–water partition coefficient (Wildman–Crippen LogP) is 5.36. The molecule has 1 N–H and O–H groups in total. The molecule has 3 rings (SSSR count). The third-order valence-corrected chi connectivity index (χ3v) is 3.91. The van der Waals surface area contributed by atoms with Gasteiger partial charge in [-0.1, -0.05) is 42.8 Å². The summed E-state index contributed by atoms with van der Waals surface area (Å²) < 4.78 is 0. The Hall–Kier alpha value is -1.73. The minimum atomic E-state index is 0.421. The van der Waals surface area contributed by atoms with Gasteiger partial charge in [-0.25, -0.2) is 0 Å². The fourth-order valence-electron chi connectivity index (χ4n) is 2.64. The lowest BCUT2D eigenvalue weighted by Crippen LogP contribution is -1.99. The number of rotatable bonds is 3. The van der Waals surface area contributed by atoms with Gasteiger partial charge in [-0.2, -0.15) is 0 Å². The van der Waals surface area contributed by atoms with Crippen LogP contribution in [-0.2, 0) is 0 Å². The van der Waals surface area contributed by atoms with Crippen LogP contribution in [0.3, 0.4) is 0 Å². The highest BCUT2D eigenvalue weighted by molar-refractivity contribution is 6.30. The van der Waals surface area contributed by atoms with Crippen molar-refractivity contribution in [3.05, 3.63) is 70.9 Å². The maximum atomic E-state index is 5.96. The van der Waals surface area contributed by atoms with Crippen LogP contribution in [0.1, 0.15) is 30.4 Å². The summed E-state index contributed by atoms with van der Waals surface area (Å²) in [7, 11) is 0. The lowest BCUT2D eigenvalue weighted by atomic mass is 9.89. The van der Waals surface area contributed by atoms with Crippen molar-refractivity contribution < 1.29 is 0 Å². The van der Waals surface area contributed by atoms with E-state index < -0.39 is 0 Å². The van der Waals surface area contributed by atoms with Gasteiger partial charge >= 0.3 is 0 Å². The van der Waals surface area contributed by atoms with Gasteiger partial charge in [0.1, 0.15) is 0 Å². The largest absolute Gasteiger partial charge is 0.361 e. The minimum absolute atomic E-state index is 0.421. The zero-order valence-electron chi connectivity index (χ0n) is 10.9. The molecular weight excluding hydrogens is 254 g/mol. The first kappa shape index (κ1) is 12.3. The molecule has 96 valence electrons. The quantitative estimate of drug-likeness (QED) is 0.658. The van der Waals surface area contributed by atoms with Gasteiger partial charge < -0.3 is 4.98 Å². The van der Waals surface area contributed by atoms with Crippen LogP contribution in [0.15, 0.2) is 54.7 Å². The average Bonchev–Trinajstić information content (AvgIpc) is 2.89. The van der Waals surface area contributed by atoms with Gasteiger partial charge in [-0.15, -0.1) is 0 Å². The predicted molar refractivity (Wildman–Crippen MR) is 81.9 cm³/mol. The zero-order valence-corrected chi connectivity index (χ0v) is 11.6. The van der Waals surface area contributed by atoms with E-state index in [-0.39, 0.29) is 0 Å². The number of benzene rings is 2. The number of hydrogen-bond acceptors (Lipinski definition) is 0. The van der Waals surface area contributed by atoms with E-state index in [1.807, 2.05) is 18.3 Å². The first-order valence-electron chi connectivity index (χ1n) is 6.60. The number of hydrogen-bond donors (Lipinski definition) is 1. The van der Waals surface area contributed by atoms with Crippen LogP contribution in [0.2, 0.25) is 5.02 Å². The molecule has 0 spiro atoms. The van der Waals surface area contributed by atoms with Crippen molar-refractivity contribution in [2.24, 2.45) is 0 Å². The number of aromatic amines is 1. The van der Waals surface area contributed by atoms with Gasteiger partial charge in [0.25, 0.3) is 0 Å². The summed E-state index contributed by atoms with van der Waals surface area (Å²) in [4.78, 5) is 3.28. The molecule has 0 fully saturated rings. The maximum Gasteiger partial charge on any atom is 0.0456 e. The Morgan fingerprint density at radius 3 is 2.47 bits per heavy atom. The summed E-state index contributed by atoms with van der Waals surface area (Å²) in [6, 6.07) is 16.9. The Bertz CT molecular complexity index is 682. The summed E-state index contributed by atoms with van der Waals surface area (Å²) in [6.07, 6.45) is 3.06. The molecule has 0 bridgehead atoms. The molecule has 2 aromatic carbocycles. The van der Waals surface area contributed by atoms with Gasteiger partial charge in [-0.05, 0) is 47.2 Å². The van der Waals surface area contributed by atoms with Crippen molar-refractivity contribution in [1.82, 2.24) is 4.98 Å². The molecule has 0 aliphatic heterocycles. The first-order valence-corrected chi connectivity index (χ1v) is 6.98.